The van der Waals surface area contributed by atoms with Gasteiger partial charge in [0.25, 0.3) is 0 Å². The summed E-state index contributed by atoms with van der Waals surface area (Å²) in [4.78, 5) is 0. The predicted molar refractivity (Wildman–Crippen MR) is 62.3 cm³/mol. The summed E-state index contributed by atoms with van der Waals surface area (Å²) in [6, 6.07) is 3.44. The van der Waals surface area contributed by atoms with Gasteiger partial charge in [0.05, 0.1) is 12.2 Å². The second-order valence-electron chi connectivity index (χ2n) is 5.57. The molecule has 1 heterocycles. The Morgan fingerprint density at radius 3 is 2.06 bits per heavy atom. The van der Waals surface area contributed by atoms with E-state index in [0.717, 1.165) is 6.07 Å². The normalized spacial score (nSPS) is 37.3. The molecule has 2 bridgehead atoms. The summed E-state index contributed by atoms with van der Waals surface area (Å²) in [5.74, 6) is -0.0266. The van der Waals surface area contributed by atoms with E-state index in [1.165, 1.54) is 31.4 Å². The largest absolute Gasteiger partial charge is 0.494 e. The van der Waals surface area contributed by atoms with Gasteiger partial charge in [-0.15, -0.1) is 0 Å². The van der Waals surface area contributed by atoms with E-state index in [4.69, 9.17) is 9.31 Å². The van der Waals surface area contributed by atoms with Crippen molar-refractivity contribution in [3.8, 4) is 0 Å². The Morgan fingerprint density at radius 1 is 0.944 bits per heavy atom. The van der Waals surface area contributed by atoms with Gasteiger partial charge in [-0.1, -0.05) is 0 Å². The minimum atomic E-state index is -0.603. The van der Waals surface area contributed by atoms with E-state index < -0.39 is 18.8 Å². The zero-order chi connectivity index (χ0) is 12.3. The van der Waals surface area contributed by atoms with E-state index in [1.807, 2.05) is 0 Å². The van der Waals surface area contributed by atoms with Crippen LogP contribution in [0.15, 0.2) is 18.2 Å². The standard InChI is InChI=1S/C13H13BF2O2/c15-10-4-9(5-11(16)6-10)14-17-12-7-1-2-8(3-7)13(12)18-14/h4-8,12-13H,1-3H2/t7-,8?,12?,13+/m0/s1. The van der Waals surface area contributed by atoms with E-state index in [1.54, 1.807) is 0 Å². The van der Waals surface area contributed by atoms with Gasteiger partial charge in [-0.2, -0.15) is 0 Å². The molecule has 0 radical (unpaired) electrons. The van der Waals surface area contributed by atoms with Crippen molar-refractivity contribution in [2.45, 2.75) is 31.5 Å². The molecular formula is C13H13BF2O2. The first kappa shape index (κ1) is 10.9. The summed E-state index contributed by atoms with van der Waals surface area (Å²) in [6.07, 6.45) is 3.82. The molecule has 4 rings (SSSR count). The van der Waals surface area contributed by atoms with Crippen LogP contribution in [0.2, 0.25) is 0 Å². The third-order valence-corrected chi connectivity index (χ3v) is 4.49. The fraction of sp³-hybridized carbons (Fsp3) is 0.538. The Labute approximate surface area is 104 Å². The Morgan fingerprint density at radius 2 is 1.50 bits per heavy atom. The number of fused-ring (bicyclic) bond motifs is 5. The maximum absolute atomic E-state index is 13.2. The van der Waals surface area contributed by atoms with Crippen LogP contribution in [0.3, 0.4) is 0 Å². The van der Waals surface area contributed by atoms with Crippen LogP contribution >= 0.6 is 0 Å². The molecule has 5 heteroatoms. The number of halogens is 2. The highest BCUT2D eigenvalue weighted by molar-refractivity contribution is 6.61. The van der Waals surface area contributed by atoms with Gasteiger partial charge in [0.1, 0.15) is 11.6 Å². The third kappa shape index (κ3) is 1.53. The van der Waals surface area contributed by atoms with E-state index in [0.29, 0.717) is 17.3 Å². The molecule has 18 heavy (non-hydrogen) atoms. The number of hydrogen-bond acceptors (Lipinski definition) is 2. The lowest BCUT2D eigenvalue weighted by molar-refractivity contribution is 0.100. The van der Waals surface area contributed by atoms with E-state index in [9.17, 15) is 8.78 Å². The number of hydrogen-bond donors (Lipinski definition) is 0. The Hall–Kier alpha value is -0.935. The lowest BCUT2D eigenvalue weighted by Gasteiger charge is -2.22. The van der Waals surface area contributed by atoms with E-state index in [2.05, 4.69) is 0 Å². The maximum Gasteiger partial charge on any atom is 0.494 e. The van der Waals surface area contributed by atoms with Crippen molar-refractivity contribution in [3.63, 3.8) is 0 Å². The molecule has 2 nitrogen and oxygen atoms in total. The quantitative estimate of drug-likeness (QED) is 0.708. The van der Waals surface area contributed by atoms with Gasteiger partial charge in [0.2, 0.25) is 0 Å². The van der Waals surface area contributed by atoms with Gasteiger partial charge < -0.3 is 9.31 Å². The summed E-state index contributed by atoms with van der Waals surface area (Å²) in [5.41, 5.74) is 0.446. The van der Waals surface area contributed by atoms with Crippen molar-refractivity contribution in [1.29, 1.82) is 0 Å². The summed E-state index contributed by atoms with van der Waals surface area (Å²) >= 11 is 0. The van der Waals surface area contributed by atoms with Crippen LogP contribution in [0.4, 0.5) is 8.78 Å². The van der Waals surface area contributed by atoms with E-state index >= 15 is 0 Å². The van der Waals surface area contributed by atoms with Crippen LogP contribution < -0.4 is 5.46 Å². The molecule has 0 spiro atoms. The van der Waals surface area contributed by atoms with Crippen molar-refractivity contribution in [2.75, 3.05) is 0 Å². The lowest BCUT2D eigenvalue weighted by Crippen LogP contribution is -2.34. The van der Waals surface area contributed by atoms with E-state index in [-0.39, 0.29) is 12.2 Å². The molecule has 0 aromatic heterocycles. The highest BCUT2D eigenvalue weighted by Gasteiger charge is 2.55. The molecule has 1 aliphatic heterocycles. The third-order valence-electron chi connectivity index (χ3n) is 4.49. The minimum absolute atomic E-state index is 0.125. The molecule has 2 aliphatic carbocycles. The van der Waals surface area contributed by atoms with Gasteiger partial charge in [0.15, 0.2) is 0 Å². The van der Waals surface area contributed by atoms with Crippen LogP contribution in [0, 0.1) is 23.5 Å². The van der Waals surface area contributed by atoms with Crippen LogP contribution in [0.5, 0.6) is 0 Å². The molecule has 0 N–H and O–H groups in total. The molecule has 1 aromatic carbocycles. The smallest absolute Gasteiger partial charge is 0.402 e. The molecular weight excluding hydrogens is 237 g/mol. The van der Waals surface area contributed by atoms with Gasteiger partial charge >= 0.3 is 7.12 Å². The van der Waals surface area contributed by atoms with Crippen molar-refractivity contribution >= 4 is 12.6 Å². The average Bonchev–Trinajstić information content (AvgIpc) is 3.00. The number of rotatable bonds is 1. The zero-order valence-corrected chi connectivity index (χ0v) is 9.81. The van der Waals surface area contributed by atoms with Gasteiger partial charge in [0, 0.05) is 6.07 Å². The van der Waals surface area contributed by atoms with Crippen molar-refractivity contribution in [3.05, 3.63) is 29.8 Å². The molecule has 3 aliphatic rings. The zero-order valence-electron chi connectivity index (χ0n) is 9.81. The fourth-order valence-electron chi connectivity index (χ4n) is 3.75. The van der Waals surface area contributed by atoms with Gasteiger partial charge in [-0.25, -0.2) is 8.78 Å². The first-order valence-corrected chi connectivity index (χ1v) is 6.47. The second kappa shape index (κ2) is 3.78. The summed E-state index contributed by atoms with van der Waals surface area (Å²) in [6.45, 7) is 0. The highest BCUT2D eigenvalue weighted by atomic mass is 19.1. The molecule has 1 aromatic rings. The summed E-state index contributed by atoms with van der Waals surface area (Å²) in [5, 5.41) is 0. The molecule has 1 saturated heterocycles. The topological polar surface area (TPSA) is 18.5 Å². The van der Waals surface area contributed by atoms with Crippen molar-refractivity contribution in [1.82, 2.24) is 0 Å². The minimum Gasteiger partial charge on any atom is -0.402 e. The second-order valence-corrected chi connectivity index (χ2v) is 5.57. The lowest BCUT2D eigenvalue weighted by atomic mass is 9.79. The van der Waals surface area contributed by atoms with Crippen molar-refractivity contribution < 1.29 is 18.1 Å². The van der Waals surface area contributed by atoms with Crippen LogP contribution in [-0.2, 0) is 9.31 Å². The number of benzene rings is 1. The molecule has 3 fully saturated rings. The summed E-state index contributed by atoms with van der Waals surface area (Å²) < 4.78 is 38.1. The monoisotopic (exact) mass is 250 g/mol. The molecule has 94 valence electrons. The summed E-state index contributed by atoms with van der Waals surface area (Å²) in [7, 11) is -0.603. The van der Waals surface area contributed by atoms with Gasteiger partial charge in [-0.3, -0.25) is 0 Å². The predicted octanol–water partition coefficient (Wildman–Crippen LogP) is 1.87. The molecule has 4 atom stereocenters. The SMILES string of the molecule is Fc1cc(F)cc(B2OC3[C@H]4CCC(C4)[C@H]3O2)c1. The fourth-order valence-corrected chi connectivity index (χ4v) is 3.75. The Bertz CT molecular complexity index is 458. The van der Waals surface area contributed by atoms with Gasteiger partial charge in [-0.05, 0) is 48.7 Å². The molecule has 2 saturated carbocycles. The highest BCUT2D eigenvalue weighted by Crippen LogP contribution is 2.50. The first-order valence-electron chi connectivity index (χ1n) is 6.47. The molecule has 2 unspecified atom stereocenters. The Balaban J connectivity index is 1.61. The van der Waals surface area contributed by atoms with Crippen molar-refractivity contribution in [2.24, 2.45) is 11.8 Å². The first-order chi connectivity index (χ1) is 8.70. The molecule has 0 amide bonds. The maximum atomic E-state index is 13.2. The van der Waals surface area contributed by atoms with Crippen LogP contribution in [0.1, 0.15) is 19.3 Å². The Kier molecular flexibility index (Phi) is 2.30. The van der Waals surface area contributed by atoms with Crippen LogP contribution in [-0.4, -0.2) is 19.3 Å². The average molecular weight is 250 g/mol. The van der Waals surface area contributed by atoms with Crippen LogP contribution in [0.25, 0.3) is 0 Å².